The molecule has 0 fully saturated rings. The second kappa shape index (κ2) is 9.31. The number of ether oxygens (including phenoxy) is 1. The predicted molar refractivity (Wildman–Crippen MR) is 121 cm³/mol. The van der Waals surface area contributed by atoms with Gasteiger partial charge in [-0.05, 0) is 46.2 Å². The third kappa shape index (κ3) is 5.48. The van der Waals surface area contributed by atoms with Crippen LogP contribution in [0.3, 0.4) is 0 Å². The third-order valence-electron chi connectivity index (χ3n) is 4.52. The molecule has 3 rings (SSSR count). The van der Waals surface area contributed by atoms with Crippen LogP contribution in [-0.2, 0) is 21.3 Å². The van der Waals surface area contributed by atoms with Crippen molar-refractivity contribution < 1.29 is 21.9 Å². The summed E-state index contributed by atoms with van der Waals surface area (Å²) >= 11 is 3.08. The van der Waals surface area contributed by atoms with E-state index < -0.39 is 29.7 Å². The van der Waals surface area contributed by atoms with Gasteiger partial charge in [-0.3, -0.25) is 4.98 Å². The number of benzene rings is 1. The van der Waals surface area contributed by atoms with E-state index in [4.69, 9.17) is 4.74 Å². The number of hydrogen-bond acceptors (Lipinski definition) is 5. The number of anilines is 1. The number of nitrogens with one attached hydrogen (secondary N) is 1. The molecule has 1 N–H and O–H groups in total. The highest BCUT2D eigenvalue weighted by Gasteiger charge is 2.37. The van der Waals surface area contributed by atoms with Crippen LogP contribution in [0.25, 0.3) is 0 Å². The van der Waals surface area contributed by atoms with Gasteiger partial charge in [0.1, 0.15) is 23.3 Å². The van der Waals surface area contributed by atoms with E-state index in [0.29, 0.717) is 6.61 Å². The SMILES string of the molecule is C[Si](C)(C)CCOCN1C(=NCc2ncccc2F)Nc2c(ccc(F)c2Br)S1(=O)=O. The van der Waals surface area contributed by atoms with E-state index in [9.17, 15) is 17.2 Å². The standard InChI is InChI=1S/C19H23BrF2N4O3SSi/c1-31(2,3)10-9-29-12-26-19(24-11-15-13(21)5-4-8-23-15)25-18-16(30(26,27)28)7-6-14(22)17(18)20/h4-8H,9-12H2,1-3H3,(H,24,25). The van der Waals surface area contributed by atoms with Crippen LogP contribution in [0.2, 0.25) is 25.7 Å². The van der Waals surface area contributed by atoms with Crippen molar-refractivity contribution >= 4 is 45.7 Å². The number of halogens is 3. The Morgan fingerprint density at radius 2 is 1.97 bits per heavy atom. The molecule has 1 aliphatic rings. The van der Waals surface area contributed by atoms with Crippen molar-refractivity contribution in [1.82, 2.24) is 9.29 Å². The van der Waals surface area contributed by atoms with Gasteiger partial charge in [0.15, 0.2) is 0 Å². The molecule has 0 bridgehead atoms. The first-order valence-corrected chi connectivity index (χ1v) is 15.4. The van der Waals surface area contributed by atoms with Gasteiger partial charge in [-0.25, -0.2) is 26.5 Å². The molecule has 0 saturated carbocycles. The quantitative estimate of drug-likeness (QED) is 0.421. The average molecular weight is 533 g/mol. The van der Waals surface area contributed by atoms with E-state index >= 15 is 0 Å². The van der Waals surface area contributed by atoms with Crippen LogP contribution < -0.4 is 5.32 Å². The molecule has 0 radical (unpaired) electrons. The normalized spacial score (nSPS) is 16.8. The molecule has 12 heteroatoms. The van der Waals surface area contributed by atoms with Gasteiger partial charge in [-0.2, -0.15) is 0 Å². The monoisotopic (exact) mass is 532 g/mol. The zero-order valence-corrected chi connectivity index (χ0v) is 20.7. The largest absolute Gasteiger partial charge is 0.360 e. The summed E-state index contributed by atoms with van der Waals surface area (Å²) in [6, 6.07) is 5.79. The summed E-state index contributed by atoms with van der Waals surface area (Å²) in [5.41, 5.74) is 0.0801. The maximum Gasteiger partial charge on any atom is 0.270 e. The number of rotatable bonds is 7. The molecule has 1 aromatic carbocycles. The number of fused-ring (bicyclic) bond motifs is 1. The fraction of sp³-hybridized carbons (Fsp3) is 0.368. The Kier molecular flexibility index (Phi) is 7.13. The maximum atomic E-state index is 14.0. The number of aliphatic imine (C=N–C) groups is 1. The lowest BCUT2D eigenvalue weighted by atomic mass is 10.3. The lowest BCUT2D eigenvalue weighted by Gasteiger charge is -2.32. The summed E-state index contributed by atoms with van der Waals surface area (Å²) in [4.78, 5) is 8.04. The van der Waals surface area contributed by atoms with Gasteiger partial charge in [-0.1, -0.05) is 19.6 Å². The molecule has 0 saturated heterocycles. The van der Waals surface area contributed by atoms with Crippen LogP contribution in [0.1, 0.15) is 5.69 Å². The predicted octanol–water partition coefficient (Wildman–Crippen LogP) is 4.41. The fourth-order valence-electron chi connectivity index (χ4n) is 2.73. The Morgan fingerprint density at radius 3 is 2.65 bits per heavy atom. The molecule has 0 amide bonds. The first-order valence-electron chi connectivity index (χ1n) is 9.50. The zero-order valence-electron chi connectivity index (χ0n) is 17.3. The number of guanidine groups is 1. The molecule has 0 spiro atoms. The Morgan fingerprint density at radius 1 is 1.23 bits per heavy atom. The first-order chi connectivity index (χ1) is 14.5. The Labute approximate surface area is 189 Å². The zero-order chi connectivity index (χ0) is 22.8. The lowest BCUT2D eigenvalue weighted by Crippen LogP contribution is -2.46. The van der Waals surface area contributed by atoms with E-state index in [1.165, 1.54) is 24.4 Å². The topological polar surface area (TPSA) is 83.9 Å². The fourth-order valence-corrected chi connectivity index (χ4v) is 5.50. The molecule has 1 aromatic heterocycles. The molecule has 0 unspecified atom stereocenters. The van der Waals surface area contributed by atoms with Gasteiger partial charge < -0.3 is 10.1 Å². The highest BCUT2D eigenvalue weighted by molar-refractivity contribution is 9.10. The second-order valence-corrected chi connectivity index (χ2v) is 16.4. The lowest BCUT2D eigenvalue weighted by molar-refractivity contribution is 0.106. The van der Waals surface area contributed by atoms with Crippen LogP contribution in [0.5, 0.6) is 0 Å². The molecule has 2 heterocycles. The number of aromatic nitrogens is 1. The summed E-state index contributed by atoms with van der Waals surface area (Å²) in [5, 5.41) is 2.85. The molecule has 31 heavy (non-hydrogen) atoms. The van der Waals surface area contributed by atoms with E-state index in [1.54, 1.807) is 0 Å². The molecule has 2 aromatic rings. The van der Waals surface area contributed by atoms with Crippen molar-refractivity contribution in [2.45, 2.75) is 37.1 Å². The van der Waals surface area contributed by atoms with E-state index in [0.717, 1.165) is 16.4 Å². The molecule has 1 aliphatic heterocycles. The molecule has 0 atom stereocenters. The van der Waals surface area contributed by atoms with Crippen LogP contribution in [-0.4, -0.2) is 45.1 Å². The molecular weight excluding hydrogens is 510 g/mol. The van der Waals surface area contributed by atoms with Crippen molar-refractivity contribution in [3.8, 4) is 0 Å². The van der Waals surface area contributed by atoms with Crippen LogP contribution in [0.4, 0.5) is 14.5 Å². The second-order valence-electron chi connectivity index (χ2n) is 8.13. The third-order valence-corrected chi connectivity index (χ3v) is 8.75. The van der Waals surface area contributed by atoms with E-state index in [1.807, 2.05) is 0 Å². The van der Waals surface area contributed by atoms with Crippen molar-refractivity contribution in [2.24, 2.45) is 4.99 Å². The Balaban J connectivity index is 1.95. The number of sulfonamides is 1. The van der Waals surface area contributed by atoms with Crippen molar-refractivity contribution in [3.63, 3.8) is 0 Å². The van der Waals surface area contributed by atoms with Crippen LogP contribution in [0.15, 0.2) is 44.8 Å². The molecular formula is C19H23BrF2N4O3SSi. The minimum absolute atomic E-state index is 0.0265. The van der Waals surface area contributed by atoms with E-state index in [2.05, 4.69) is 50.9 Å². The highest BCUT2D eigenvalue weighted by atomic mass is 79.9. The van der Waals surface area contributed by atoms with Crippen molar-refractivity contribution in [1.29, 1.82) is 0 Å². The molecule has 168 valence electrons. The highest BCUT2D eigenvalue weighted by Crippen LogP contribution is 2.37. The number of pyridine rings is 1. The first kappa shape index (κ1) is 23.8. The van der Waals surface area contributed by atoms with Crippen molar-refractivity contribution in [2.75, 3.05) is 18.7 Å². The van der Waals surface area contributed by atoms with Gasteiger partial charge in [0, 0.05) is 20.9 Å². The van der Waals surface area contributed by atoms with Gasteiger partial charge in [-0.15, -0.1) is 0 Å². The van der Waals surface area contributed by atoms with Gasteiger partial charge in [0.25, 0.3) is 10.0 Å². The number of hydrogen-bond donors (Lipinski definition) is 1. The van der Waals surface area contributed by atoms with Gasteiger partial charge in [0.05, 0.1) is 22.4 Å². The van der Waals surface area contributed by atoms with Crippen LogP contribution >= 0.6 is 15.9 Å². The summed E-state index contributed by atoms with van der Waals surface area (Å²) in [5.74, 6) is -1.29. The van der Waals surface area contributed by atoms with Gasteiger partial charge in [0.2, 0.25) is 5.96 Å². The summed E-state index contributed by atoms with van der Waals surface area (Å²) in [7, 11) is -5.46. The minimum atomic E-state index is -4.09. The summed E-state index contributed by atoms with van der Waals surface area (Å²) < 4.78 is 61.0. The Bertz CT molecular complexity index is 1110. The minimum Gasteiger partial charge on any atom is -0.360 e. The van der Waals surface area contributed by atoms with Gasteiger partial charge >= 0.3 is 0 Å². The molecule has 7 nitrogen and oxygen atoms in total. The van der Waals surface area contributed by atoms with Crippen LogP contribution in [0, 0.1) is 11.6 Å². The average Bonchev–Trinajstić information content (AvgIpc) is 2.68. The molecule has 0 aliphatic carbocycles. The summed E-state index contributed by atoms with van der Waals surface area (Å²) in [6.45, 7) is 6.46. The maximum absolute atomic E-state index is 14.0. The number of nitrogens with zero attached hydrogens (tertiary/aromatic N) is 3. The van der Waals surface area contributed by atoms with Crippen molar-refractivity contribution in [3.05, 3.63) is 52.3 Å². The smallest absolute Gasteiger partial charge is 0.270 e. The Hall–Kier alpha value is -1.89. The summed E-state index contributed by atoms with van der Waals surface area (Å²) in [6.07, 6.45) is 1.42. The van der Waals surface area contributed by atoms with E-state index in [-0.39, 0.29) is 40.0 Å².